The molecular formula is C15H16F3N. The molecule has 0 saturated heterocycles. The molecule has 1 aromatic carbocycles. The summed E-state index contributed by atoms with van der Waals surface area (Å²) in [5.74, 6) is 0. The van der Waals surface area contributed by atoms with E-state index in [9.17, 15) is 13.2 Å². The lowest BCUT2D eigenvalue weighted by molar-refractivity contribution is -0.138. The Hall–Kier alpha value is -1.84. The van der Waals surface area contributed by atoms with E-state index in [0.29, 0.717) is 5.56 Å². The average Bonchev–Trinajstić information content (AvgIpc) is 2.41. The van der Waals surface area contributed by atoms with Gasteiger partial charge in [-0.2, -0.15) is 13.2 Å². The van der Waals surface area contributed by atoms with Gasteiger partial charge in [0, 0.05) is 12.4 Å². The van der Waals surface area contributed by atoms with Crippen molar-refractivity contribution in [1.29, 1.82) is 0 Å². The molecule has 102 valence electrons. The van der Waals surface area contributed by atoms with Crippen LogP contribution in [0.5, 0.6) is 0 Å². The highest BCUT2D eigenvalue weighted by Gasteiger charge is 2.32. The van der Waals surface area contributed by atoms with E-state index in [0.717, 1.165) is 5.56 Å². The van der Waals surface area contributed by atoms with Crippen LogP contribution < -0.4 is 0 Å². The molecule has 0 bridgehead atoms. The molecule has 1 aromatic heterocycles. The summed E-state index contributed by atoms with van der Waals surface area (Å²) in [6, 6.07) is 7.71. The number of halogens is 3. The van der Waals surface area contributed by atoms with E-state index in [1.807, 2.05) is 13.8 Å². The molecule has 0 aliphatic rings. The molecule has 2 aromatic rings. The van der Waals surface area contributed by atoms with Gasteiger partial charge in [0.05, 0.1) is 5.56 Å². The monoisotopic (exact) mass is 267 g/mol. The number of aryl methyl sites for hydroxylation is 1. The lowest BCUT2D eigenvalue weighted by Gasteiger charge is -2.12. The van der Waals surface area contributed by atoms with Crippen molar-refractivity contribution >= 4 is 0 Å². The van der Waals surface area contributed by atoms with E-state index >= 15 is 0 Å². The molecule has 0 saturated carbocycles. The summed E-state index contributed by atoms with van der Waals surface area (Å²) in [6.45, 7) is 5.46. The van der Waals surface area contributed by atoms with Gasteiger partial charge in [-0.15, -0.1) is 0 Å². The Labute approximate surface area is 111 Å². The van der Waals surface area contributed by atoms with Crippen molar-refractivity contribution in [2.45, 2.75) is 26.9 Å². The molecule has 0 radical (unpaired) electrons. The van der Waals surface area contributed by atoms with E-state index in [1.165, 1.54) is 19.1 Å². The Kier molecular flexibility index (Phi) is 5.10. The Balaban J connectivity index is 0.000000861. The minimum atomic E-state index is -4.31. The van der Waals surface area contributed by atoms with Crippen LogP contribution in [0, 0.1) is 6.92 Å². The number of hydrogen-bond acceptors (Lipinski definition) is 1. The van der Waals surface area contributed by atoms with E-state index in [-0.39, 0.29) is 5.56 Å². The summed E-state index contributed by atoms with van der Waals surface area (Å²) in [5.41, 5.74) is 0.915. The number of nitrogens with zero attached hydrogens (tertiary/aromatic N) is 1. The highest BCUT2D eigenvalue weighted by Crippen LogP contribution is 2.34. The SMILES string of the molecule is CC.Cc1ccc(-c2ccncc2)cc1C(F)(F)F. The fourth-order valence-corrected chi connectivity index (χ4v) is 1.65. The van der Waals surface area contributed by atoms with Crippen LogP contribution in [0.15, 0.2) is 42.7 Å². The van der Waals surface area contributed by atoms with Gasteiger partial charge in [-0.05, 0) is 41.8 Å². The van der Waals surface area contributed by atoms with Crippen LogP contribution >= 0.6 is 0 Å². The number of hydrogen-bond donors (Lipinski definition) is 0. The number of pyridine rings is 1. The van der Waals surface area contributed by atoms with E-state index < -0.39 is 11.7 Å². The summed E-state index contributed by atoms with van der Waals surface area (Å²) < 4.78 is 38.2. The van der Waals surface area contributed by atoms with Crippen molar-refractivity contribution in [3.05, 3.63) is 53.9 Å². The fourth-order valence-electron chi connectivity index (χ4n) is 1.65. The van der Waals surface area contributed by atoms with Gasteiger partial charge in [0.1, 0.15) is 0 Å². The summed E-state index contributed by atoms with van der Waals surface area (Å²) in [6.07, 6.45) is -1.20. The highest BCUT2D eigenvalue weighted by atomic mass is 19.4. The fraction of sp³-hybridized carbons (Fsp3) is 0.267. The van der Waals surface area contributed by atoms with Crippen LogP contribution in [0.3, 0.4) is 0 Å². The zero-order chi connectivity index (χ0) is 14.5. The second-order valence-corrected chi connectivity index (χ2v) is 3.76. The second kappa shape index (κ2) is 6.36. The number of rotatable bonds is 1. The number of aromatic nitrogens is 1. The van der Waals surface area contributed by atoms with Gasteiger partial charge in [-0.1, -0.05) is 26.0 Å². The third-order valence-electron chi connectivity index (χ3n) is 2.56. The molecule has 0 spiro atoms. The molecule has 19 heavy (non-hydrogen) atoms. The first-order valence-electron chi connectivity index (χ1n) is 6.07. The van der Waals surface area contributed by atoms with Gasteiger partial charge in [-0.3, -0.25) is 4.98 Å². The van der Waals surface area contributed by atoms with Gasteiger partial charge in [0.15, 0.2) is 0 Å². The Morgan fingerprint density at radius 1 is 0.895 bits per heavy atom. The van der Waals surface area contributed by atoms with Crippen molar-refractivity contribution in [2.24, 2.45) is 0 Å². The Morgan fingerprint density at radius 2 is 1.47 bits per heavy atom. The highest BCUT2D eigenvalue weighted by molar-refractivity contribution is 5.64. The quantitative estimate of drug-likeness (QED) is 0.700. The van der Waals surface area contributed by atoms with Crippen LogP contribution in [0.1, 0.15) is 25.0 Å². The van der Waals surface area contributed by atoms with Crippen molar-refractivity contribution in [2.75, 3.05) is 0 Å². The smallest absolute Gasteiger partial charge is 0.265 e. The maximum atomic E-state index is 12.7. The average molecular weight is 267 g/mol. The largest absolute Gasteiger partial charge is 0.416 e. The molecule has 0 atom stereocenters. The Morgan fingerprint density at radius 3 is 2.00 bits per heavy atom. The van der Waals surface area contributed by atoms with Crippen LogP contribution in [0.25, 0.3) is 11.1 Å². The molecule has 0 fully saturated rings. The standard InChI is InChI=1S/C13H10F3N.C2H6/c1-9-2-3-11(8-12(9)13(14,15)16)10-4-6-17-7-5-10;1-2/h2-8H,1H3;1-2H3. The predicted octanol–water partition coefficient (Wildman–Crippen LogP) is 5.10. The normalized spacial score (nSPS) is 10.6. The van der Waals surface area contributed by atoms with Gasteiger partial charge in [0.2, 0.25) is 0 Å². The lowest BCUT2D eigenvalue weighted by Crippen LogP contribution is -2.07. The molecule has 0 aliphatic carbocycles. The first kappa shape index (κ1) is 15.2. The molecule has 0 N–H and O–H groups in total. The Bertz CT molecular complexity index is 519. The van der Waals surface area contributed by atoms with Gasteiger partial charge < -0.3 is 0 Å². The zero-order valence-corrected chi connectivity index (χ0v) is 11.1. The second-order valence-electron chi connectivity index (χ2n) is 3.76. The molecule has 1 nitrogen and oxygen atoms in total. The first-order valence-corrected chi connectivity index (χ1v) is 6.07. The maximum Gasteiger partial charge on any atom is 0.416 e. The zero-order valence-electron chi connectivity index (χ0n) is 11.1. The van der Waals surface area contributed by atoms with Crippen molar-refractivity contribution in [3.8, 4) is 11.1 Å². The van der Waals surface area contributed by atoms with Crippen LogP contribution in [0.4, 0.5) is 13.2 Å². The number of alkyl halides is 3. The molecule has 0 unspecified atom stereocenters. The van der Waals surface area contributed by atoms with Crippen molar-refractivity contribution in [1.82, 2.24) is 4.98 Å². The molecule has 2 rings (SSSR count). The predicted molar refractivity (Wildman–Crippen MR) is 70.8 cm³/mol. The number of benzene rings is 1. The maximum absolute atomic E-state index is 12.7. The summed E-state index contributed by atoms with van der Waals surface area (Å²) in [4.78, 5) is 3.84. The minimum Gasteiger partial charge on any atom is -0.265 e. The molecule has 4 heteroatoms. The minimum absolute atomic E-state index is 0.232. The third-order valence-corrected chi connectivity index (χ3v) is 2.56. The first-order chi connectivity index (χ1) is 8.98. The third kappa shape index (κ3) is 3.81. The summed E-state index contributed by atoms with van der Waals surface area (Å²) in [7, 11) is 0. The summed E-state index contributed by atoms with van der Waals surface area (Å²) in [5, 5.41) is 0. The van der Waals surface area contributed by atoms with Crippen LogP contribution in [-0.2, 0) is 6.18 Å². The molecular weight excluding hydrogens is 251 g/mol. The molecule has 0 aliphatic heterocycles. The lowest BCUT2D eigenvalue weighted by atomic mass is 10.0. The van der Waals surface area contributed by atoms with Crippen LogP contribution in [0.2, 0.25) is 0 Å². The topological polar surface area (TPSA) is 12.9 Å². The molecule has 0 amide bonds. The van der Waals surface area contributed by atoms with Crippen molar-refractivity contribution < 1.29 is 13.2 Å². The van der Waals surface area contributed by atoms with Crippen LogP contribution in [-0.4, -0.2) is 4.98 Å². The van der Waals surface area contributed by atoms with E-state index in [2.05, 4.69) is 4.98 Å². The van der Waals surface area contributed by atoms with E-state index in [1.54, 1.807) is 30.6 Å². The van der Waals surface area contributed by atoms with Gasteiger partial charge in [0.25, 0.3) is 0 Å². The summed E-state index contributed by atoms with van der Waals surface area (Å²) >= 11 is 0. The van der Waals surface area contributed by atoms with E-state index in [4.69, 9.17) is 0 Å². The van der Waals surface area contributed by atoms with Gasteiger partial charge in [-0.25, -0.2) is 0 Å². The molecule has 1 heterocycles. The van der Waals surface area contributed by atoms with Crippen molar-refractivity contribution in [3.63, 3.8) is 0 Å². The van der Waals surface area contributed by atoms with Gasteiger partial charge >= 0.3 is 6.18 Å².